The van der Waals surface area contributed by atoms with Crippen LogP contribution in [0.25, 0.3) is 11.0 Å². The second-order valence-electron chi connectivity index (χ2n) is 5.11. The number of nitrogens with zero attached hydrogens (tertiary/aromatic N) is 2. The predicted molar refractivity (Wildman–Crippen MR) is 71.9 cm³/mol. The lowest BCUT2D eigenvalue weighted by Crippen LogP contribution is -2.38. The van der Waals surface area contributed by atoms with Crippen molar-refractivity contribution in [3.63, 3.8) is 0 Å². The second kappa shape index (κ2) is 5.20. The van der Waals surface area contributed by atoms with Crippen molar-refractivity contribution in [1.29, 1.82) is 0 Å². The summed E-state index contributed by atoms with van der Waals surface area (Å²) in [6, 6.07) is 3.31. The summed E-state index contributed by atoms with van der Waals surface area (Å²) in [5, 5.41) is 10.1. The Morgan fingerprint density at radius 3 is 3.25 bits per heavy atom. The van der Waals surface area contributed by atoms with Gasteiger partial charge in [0.25, 0.3) is 0 Å². The van der Waals surface area contributed by atoms with Crippen LogP contribution in [0.3, 0.4) is 0 Å². The van der Waals surface area contributed by atoms with E-state index in [-0.39, 0.29) is 31.9 Å². The fraction of sp³-hybridized carbons (Fsp3) is 0.429. The average molecular weight is 277 g/mol. The van der Waals surface area contributed by atoms with Crippen LogP contribution < -0.4 is 0 Å². The highest BCUT2D eigenvalue weighted by molar-refractivity contribution is 5.87. The molecule has 106 valence electrons. The molecule has 1 aliphatic rings. The van der Waals surface area contributed by atoms with E-state index in [0.29, 0.717) is 0 Å². The second-order valence-corrected chi connectivity index (χ2v) is 5.11. The standard InChI is InChI=1S/C14H16FN3O2/c15-10-5-11(8-19)18(7-10)13(20)4-9-6-17-14-12(9)2-1-3-16-14/h1-3,6,10-11,19H,4-5,7-8H2,(H,16,17)/t10-,11-/m0/s1. The molecule has 1 aliphatic heterocycles. The number of halogens is 1. The van der Waals surface area contributed by atoms with E-state index >= 15 is 0 Å². The number of aliphatic hydroxyl groups is 1. The minimum absolute atomic E-state index is 0.0741. The van der Waals surface area contributed by atoms with E-state index < -0.39 is 12.2 Å². The maximum Gasteiger partial charge on any atom is 0.227 e. The van der Waals surface area contributed by atoms with E-state index in [0.717, 1.165) is 16.6 Å². The van der Waals surface area contributed by atoms with Crippen LogP contribution in [0.15, 0.2) is 24.5 Å². The Bertz CT molecular complexity index is 628. The Kier molecular flexibility index (Phi) is 3.40. The molecule has 0 radical (unpaired) electrons. The van der Waals surface area contributed by atoms with Crippen LogP contribution in [-0.2, 0) is 11.2 Å². The third-order valence-corrected chi connectivity index (χ3v) is 3.77. The van der Waals surface area contributed by atoms with Gasteiger partial charge in [-0.1, -0.05) is 0 Å². The fourth-order valence-corrected chi connectivity index (χ4v) is 2.76. The summed E-state index contributed by atoms with van der Waals surface area (Å²) >= 11 is 0. The molecule has 0 unspecified atom stereocenters. The van der Waals surface area contributed by atoms with Crippen molar-refractivity contribution in [3.05, 3.63) is 30.1 Å². The summed E-state index contributed by atoms with van der Waals surface area (Å²) in [5.74, 6) is -0.158. The number of H-pyrrole nitrogens is 1. The first-order valence-electron chi connectivity index (χ1n) is 6.64. The van der Waals surface area contributed by atoms with Crippen molar-refractivity contribution in [2.24, 2.45) is 0 Å². The van der Waals surface area contributed by atoms with Crippen LogP contribution in [-0.4, -0.2) is 51.2 Å². The first-order chi connectivity index (χ1) is 9.69. The third-order valence-electron chi connectivity index (χ3n) is 3.77. The molecule has 1 fully saturated rings. The summed E-state index contributed by atoms with van der Waals surface area (Å²) in [4.78, 5) is 20.9. The lowest BCUT2D eigenvalue weighted by Gasteiger charge is -2.22. The summed E-state index contributed by atoms with van der Waals surface area (Å²) < 4.78 is 13.4. The molecular formula is C14H16FN3O2. The Balaban J connectivity index is 1.79. The van der Waals surface area contributed by atoms with Gasteiger partial charge in [0.2, 0.25) is 5.91 Å². The number of amides is 1. The third kappa shape index (κ3) is 2.27. The summed E-state index contributed by atoms with van der Waals surface area (Å²) in [6.07, 6.45) is 2.81. The first kappa shape index (κ1) is 13.1. The van der Waals surface area contributed by atoms with E-state index in [4.69, 9.17) is 0 Å². The highest BCUT2D eigenvalue weighted by Crippen LogP contribution is 2.23. The van der Waals surface area contributed by atoms with Crippen molar-refractivity contribution < 1.29 is 14.3 Å². The Hall–Kier alpha value is -1.95. The van der Waals surface area contributed by atoms with Crippen molar-refractivity contribution >= 4 is 16.9 Å². The molecule has 0 bridgehead atoms. The molecule has 6 heteroatoms. The van der Waals surface area contributed by atoms with Gasteiger partial charge >= 0.3 is 0 Å². The van der Waals surface area contributed by atoms with Crippen LogP contribution in [0, 0.1) is 0 Å². The number of aliphatic hydroxyl groups excluding tert-OH is 1. The van der Waals surface area contributed by atoms with Crippen LogP contribution in [0.4, 0.5) is 4.39 Å². The molecule has 0 aromatic carbocycles. The van der Waals surface area contributed by atoms with Crippen molar-refractivity contribution in [1.82, 2.24) is 14.9 Å². The highest BCUT2D eigenvalue weighted by atomic mass is 19.1. The smallest absolute Gasteiger partial charge is 0.227 e. The van der Waals surface area contributed by atoms with Gasteiger partial charge in [-0.15, -0.1) is 0 Å². The number of fused-ring (bicyclic) bond motifs is 1. The number of nitrogens with one attached hydrogen (secondary N) is 1. The summed E-state index contributed by atoms with van der Waals surface area (Å²) in [7, 11) is 0. The SMILES string of the molecule is O=C(Cc1c[nH]c2ncccc12)N1C[C@@H](F)C[C@H]1CO. The number of likely N-dealkylation sites (tertiary alicyclic amines) is 1. The zero-order valence-corrected chi connectivity index (χ0v) is 10.9. The number of carbonyl (C=O) groups is 1. The maximum absolute atomic E-state index is 13.4. The molecule has 3 rings (SSSR count). The van der Waals surface area contributed by atoms with Gasteiger partial charge in [-0.25, -0.2) is 9.37 Å². The molecule has 2 aromatic heterocycles. The van der Waals surface area contributed by atoms with Gasteiger partial charge in [-0.3, -0.25) is 4.79 Å². The molecule has 0 saturated carbocycles. The molecule has 1 amide bonds. The van der Waals surface area contributed by atoms with Gasteiger partial charge in [0.05, 0.1) is 25.6 Å². The largest absolute Gasteiger partial charge is 0.394 e. The number of aromatic amines is 1. The number of aromatic nitrogens is 2. The highest BCUT2D eigenvalue weighted by Gasteiger charge is 2.34. The Morgan fingerprint density at radius 2 is 2.45 bits per heavy atom. The van der Waals surface area contributed by atoms with E-state index in [1.165, 1.54) is 4.90 Å². The van der Waals surface area contributed by atoms with Gasteiger partial charge in [-0.2, -0.15) is 0 Å². The van der Waals surface area contributed by atoms with Crippen LogP contribution in [0.2, 0.25) is 0 Å². The molecule has 3 heterocycles. The monoisotopic (exact) mass is 277 g/mol. The lowest BCUT2D eigenvalue weighted by atomic mass is 10.1. The van der Waals surface area contributed by atoms with Crippen molar-refractivity contribution in [3.8, 4) is 0 Å². The number of carbonyl (C=O) groups excluding carboxylic acids is 1. The van der Waals surface area contributed by atoms with Gasteiger partial charge in [0, 0.05) is 24.2 Å². The minimum atomic E-state index is -1.04. The fourth-order valence-electron chi connectivity index (χ4n) is 2.76. The van der Waals surface area contributed by atoms with E-state index in [1.54, 1.807) is 12.4 Å². The summed E-state index contributed by atoms with van der Waals surface area (Å²) in [6.45, 7) is -0.119. The van der Waals surface area contributed by atoms with Gasteiger partial charge in [-0.05, 0) is 17.7 Å². The zero-order valence-electron chi connectivity index (χ0n) is 10.9. The summed E-state index contributed by atoms with van der Waals surface area (Å²) in [5.41, 5.74) is 1.58. The van der Waals surface area contributed by atoms with Crippen LogP contribution >= 0.6 is 0 Å². The molecule has 2 atom stereocenters. The Morgan fingerprint density at radius 1 is 1.60 bits per heavy atom. The normalized spacial score (nSPS) is 22.6. The molecular weight excluding hydrogens is 261 g/mol. The molecule has 5 nitrogen and oxygen atoms in total. The van der Waals surface area contributed by atoms with Crippen molar-refractivity contribution in [2.45, 2.75) is 25.1 Å². The van der Waals surface area contributed by atoms with Gasteiger partial charge in [0.1, 0.15) is 11.8 Å². The number of hydrogen-bond donors (Lipinski definition) is 2. The Labute approximate surface area is 115 Å². The number of pyridine rings is 1. The van der Waals surface area contributed by atoms with E-state index in [1.807, 2.05) is 12.1 Å². The van der Waals surface area contributed by atoms with E-state index in [2.05, 4.69) is 9.97 Å². The van der Waals surface area contributed by atoms with Crippen LogP contribution in [0.1, 0.15) is 12.0 Å². The van der Waals surface area contributed by atoms with Gasteiger partial charge in [0.15, 0.2) is 0 Å². The minimum Gasteiger partial charge on any atom is -0.394 e. The zero-order chi connectivity index (χ0) is 14.1. The molecule has 2 N–H and O–H groups in total. The predicted octanol–water partition coefficient (Wildman–Crippen LogP) is 1.04. The van der Waals surface area contributed by atoms with Crippen LogP contribution in [0.5, 0.6) is 0 Å². The average Bonchev–Trinajstić information content (AvgIpc) is 3.03. The maximum atomic E-state index is 13.4. The molecule has 0 aliphatic carbocycles. The molecule has 0 spiro atoms. The number of alkyl halides is 1. The molecule has 1 saturated heterocycles. The molecule has 20 heavy (non-hydrogen) atoms. The quantitative estimate of drug-likeness (QED) is 0.880. The lowest BCUT2D eigenvalue weighted by molar-refractivity contribution is -0.132. The topological polar surface area (TPSA) is 69.2 Å². The molecule has 2 aromatic rings. The number of rotatable bonds is 3. The van der Waals surface area contributed by atoms with Crippen molar-refractivity contribution in [2.75, 3.05) is 13.2 Å². The first-order valence-corrected chi connectivity index (χ1v) is 6.64. The number of hydrogen-bond acceptors (Lipinski definition) is 3. The van der Waals surface area contributed by atoms with E-state index in [9.17, 15) is 14.3 Å². The van der Waals surface area contributed by atoms with Gasteiger partial charge < -0.3 is 15.0 Å².